The molecular formula is C14H27NS. The highest BCUT2D eigenvalue weighted by Gasteiger charge is 2.30. The number of nitrogens with one attached hydrogen (secondary N) is 1. The lowest BCUT2D eigenvalue weighted by Crippen LogP contribution is -2.46. The van der Waals surface area contributed by atoms with E-state index in [9.17, 15) is 0 Å². The van der Waals surface area contributed by atoms with Gasteiger partial charge < -0.3 is 5.32 Å². The van der Waals surface area contributed by atoms with E-state index < -0.39 is 0 Å². The van der Waals surface area contributed by atoms with Gasteiger partial charge in [-0.05, 0) is 43.3 Å². The van der Waals surface area contributed by atoms with Gasteiger partial charge in [0.05, 0.1) is 0 Å². The van der Waals surface area contributed by atoms with Crippen molar-refractivity contribution in [3.63, 3.8) is 0 Å². The molecule has 94 valence electrons. The second-order valence-corrected chi connectivity index (χ2v) is 7.61. The zero-order chi connectivity index (χ0) is 11.6. The Labute approximate surface area is 105 Å². The van der Waals surface area contributed by atoms with Crippen molar-refractivity contribution in [1.29, 1.82) is 0 Å². The van der Waals surface area contributed by atoms with E-state index in [1.165, 1.54) is 43.6 Å². The predicted octanol–water partition coefficient (Wildman–Crippen LogP) is 3.69. The van der Waals surface area contributed by atoms with Gasteiger partial charge in [0.2, 0.25) is 0 Å². The van der Waals surface area contributed by atoms with Crippen molar-refractivity contribution in [1.82, 2.24) is 5.32 Å². The first kappa shape index (κ1) is 12.8. The van der Waals surface area contributed by atoms with E-state index in [2.05, 4.69) is 37.8 Å². The summed E-state index contributed by atoms with van der Waals surface area (Å²) in [5.41, 5.74) is 0.538. The van der Waals surface area contributed by atoms with Gasteiger partial charge in [-0.1, -0.05) is 26.7 Å². The Kier molecular flexibility index (Phi) is 4.23. The van der Waals surface area contributed by atoms with Crippen molar-refractivity contribution in [3.05, 3.63) is 0 Å². The van der Waals surface area contributed by atoms with E-state index in [0.717, 1.165) is 18.0 Å². The molecule has 0 amide bonds. The van der Waals surface area contributed by atoms with Gasteiger partial charge in [-0.3, -0.25) is 0 Å². The van der Waals surface area contributed by atoms with Crippen molar-refractivity contribution in [2.45, 2.75) is 65.0 Å². The topological polar surface area (TPSA) is 12.0 Å². The highest BCUT2D eigenvalue weighted by molar-refractivity contribution is 7.99. The number of hydrogen-bond acceptors (Lipinski definition) is 2. The van der Waals surface area contributed by atoms with Crippen LogP contribution in [0.15, 0.2) is 0 Å². The van der Waals surface area contributed by atoms with Crippen LogP contribution in [0.25, 0.3) is 0 Å². The monoisotopic (exact) mass is 241 g/mol. The molecule has 1 N–H and O–H groups in total. The Hall–Kier alpha value is 0.310. The van der Waals surface area contributed by atoms with E-state index in [1.54, 1.807) is 0 Å². The first-order valence-electron chi connectivity index (χ1n) is 6.91. The van der Waals surface area contributed by atoms with Crippen LogP contribution < -0.4 is 5.32 Å². The summed E-state index contributed by atoms with van der Waals surface area (Å²) in [7, 11) is 0. The molecule has 0 radical (unpaired) electrons. The molecule has 2 fully saturated rings. The van der Waals surface area contributed by atoms with Crippen LogP contribution in [-0.2, 0) is 0 Å². The fourth-order valence-corrected chi connectivity index (χ4v) is 4.62. The molecule has 0 aromatic carbocycles. The zero-order valence-electron chi connectivity index (χ0n) is 11.1. The van der Waals surface area contributed by atoms with Crippen molar-refractivity contribution in [2.24, 2.45) is 11.3 Å². The summed E-state index contributed by atoms with van der Waals surface area (Å²) in [4.78, 5) is 0. The second-order valence-electron chi connectivity index (χ2n) is 6.58. The Morgan fingerprint density at radius 2 is 1.94 bits per heavy atom. The summed E-state index contributed by atoms with van der Waals surface area (Å²) < 4.78 is 0. The summed E-state index contributed by atoms with van der Waals surface area (Å²) in [6, 6.07) is 1.49. The summed E-state index contributed by atoms with van der Waals surface area (Å²) >= 11 is 2.13. The van der Waals surface area contributed by atoms with Gasteiger partial charge in [0.25, 0.3) is 0 Å². The normalized spacial score (nSPS) is 32.8. The summed E-state index contributed by atoms with van der Waals surface area (Å²) in [6.45, 7) is 7.23. The molecule has 16 heavy (non-hydrogen) atoms. The van der Waals surface area contributed by atoms with Gasteiger partial charge in [-0.2, -0.15) is 11.8 Å². The van der Waals surface area contributed by atoms with Crippen molar-refractivity contribution in [2.75, 3.05) is 11.5 Å². The van der Waals surface area contributed by atoms with Gasteiger partial charge >= 0.3 is 0 Å². The first-order valence-corrected chi connectivity index (χ1v) is 8.06. The largest absolute Gasteiger partial charge is 0.310 e. The Balaban J connectivity index is 1.79. The Morgan fingerprint density at radius 3 is 2.56 bits per heavy atom. The van der Waals surface area contributed by atoms with E-state index in [0.29, 0.717) is 5.41 Å². The molecule has 1 aliphatic carbocycles. The molecule has 0 aromatic rings. The molecule has 0 spiro atoms. The van der Waals surface area contributed by atoms with Crippen LogP contribution in [0.1, 0.15) is 52.9 Å². The fraction of sp³-hybridized carbons (Fsp3) is 1.00. The molecule has 1 aliphatic heterocycles. The van der Waals surface area contributed by atoms with Gasteiger partial charge in [-0.15, -0.1) is 0 Å². The first-order chi connectivity index (χ1) is 7.57. The minimum atomic E-state index is 0.538. The molecule has 1 unspecified atom stereocenters. The molecule has 2 heteroatoms. The molecule has 2 rings (SSSR count). The lowest BCUT2D eigenvalue weighted by atomic mass is 9.87. The quantitative estimate of drug-likeness (QED) is 0.809. The predicted molar refractivity (Wildman–Crippen MR) is 74.1 cm³/mol. The standard InChI is InChI=1S/C14H27NS/c1-11(12-6-4-5-7-12)15-13-8-14(2,3)10-16-9-13/h11-13,15H,4-10H2,1-3H3/t11-,13?/m1/s1. The molecule has 1 nitrogen and oxygen atoms in total. The molecule has 1 saturated heterocycles. The molecule has 2 atom stereocenters. The fourth-order valence-electron chi connectivity index (χ4n) is 3.33. The third-order valence-corrected chi connectivity index (χ3v) is 5.84. The third-order valence-electron chi connectivity index (χ3n) is 4.22. The SMILES string of the molecule is C[C@@H](NC1CSCC(C)(C)C1)C1CCCC1. The van der Waals surface area contributed by atoms with Crippen LogP contribution in [0.2, 0.25) is 0 Å². The average molecular weight is 241 g/mol. The van der Waals surface area contributed by atoms with Gasteiger partial charge in [0.1, 0.15) is 0 Å². The van der Waals surface area contributed by atoms with Crippen LogP contribution in [0.3, 0.4) is 0 Å². The summed E-state index contributed by atoms with van der Waals surface area (Å²) in [6.07, 6.45) is 7.19. The molecular weight excluding hydrogens is 214 g/mol. The van der Waals surface area contributed by atoms with Gasteiger partial charge in [0, 0.05) is 17.8 Å². The maximum Gasteiger partial charge on any atom is 0.0166 e. The van der Waals surface area contributed by atoms with E-state index in [1.807, 2.05) is 0 Å². The van der Waals surface area contributed by atoms with Crippen LogP contribution in [-0.4, -0.2) is 23.6 Å². The number of thioether (sulfide) groups is 1. The molecule has 0 aromatic heterocycles. The minimum absolute atomic E-state index is 0.538. The molecule has 2 aliphatic rings. The van der Waals surface area contributed by atoms with Crippen molar-refractivity contribution in [3.8, 4) is 0 Å². The maximum atomic E-state index is 3.90. The van der Waals surface area contributed by atoms with Crippen molar-refractivity contribution >= 4 is 11.8 Å². The second kappa shape index (κ2) is 5.30. The maximum absolute atomic E-state index is 3.90. The average Bonchev–Trinajstić information content (AvgIpc) is 2.68. The lowest BCUT2D eigenvalue weighted by Gasteiger charge is -2.37. The molecule has 1 heterocycles. The van der Waals surface area contributed by atoms with Crippen LogP contribution in [0, 0.1) is 11.3 Å². The van der Waals surface area contributed by atoms with E-state index >= 15 is 0 Å². The summed E-state index contributed by atoms with van der Waals surface area (Å²) in [5, 5.41) is 3.90. The third kappa shape index (κ3) is 3.40. The minimum Gasteiger partial charge on any atom is -0.310 e. The number of hydrogen-bond donors (Lipinski definition) is 1. The smallest absolute Gasteiger partial charge is 0.0166 e. The zero-order valence-corrected chi connectivity index (χ0v) is 11.9. The van der Waals surface area contributed by atoms with E-state index in [4.69, 9.17) is 0 Å². The summed E-state index contributed by atoms with van der Waals surface area (Å²) in [5.74, 6) is 3.61. The van der Waals surface area contributed by atoms with Gasteiger partial charge in [0.15, 0.2) is 0 Å². The molecule has 1 saturated carbocycles. The van der Waals surface area contributed by atoms with Crippen molar-refractivity contribution < 1.29 is 0 Å². The van der Waals surface area contributed by atoms with E-state index in [-0.39, 0.29) is 0 Å². The van der Waals surface area contributed by atoms with Crippen LogP contribution >= 0.6 is 11.8 Å². The Bertz CT molecular complexity index is 221. The van der Waals surface area contributed by atoms with Crippen LogP contribution in [0.5, 0.6) is 0 Å². The lowest BCUT2D eigenvalue weighted by molar-refractivity contribution is 0.275. The Morgan fingerprint density at radius 1 is 1.25 bits per heavy atom. The van der Waals surface area contributed by atoms with Gasteiger partial charge in [-0.25, -0.2) is 0 Å². The molecule has 0 bridgehead atoms. The highest BCUT2D eigenvalue weighted by Crippen LogP contribution is 2.34. The highest BCUT2D eigenvalue weighted by atomic mass is 32.2. The van der Waals surface area contributed by atoms with Crippen LogP contribution in [0.4, 0.5) is 0 Å². The number of rotatable bonds is 3.